The van der Waals surface area contributed by atoms with Crippen LogP contribution in [0.5, 0.6) is 5.75 Å². The summed E-state index contributed by atoms with van der Waals surface area (Å²) < 4.78 is 18.9. The van der Waals surface area contributed by atoms with Gasteiger partial charge in [-0.1, -0.05) is 35.6 Å². The first-order valence-corrected chi connectivity index (χ1v) is 6.82. The zero-order valence-electron chi connectivity index (χ0n) is 10.5. The summed E-state index contributed by atoms with van der Waals surface area (Å²) in [7, 11) is 0. The van der Waals surface area contributed by atoms with Crippen LogP contribution in [0.1, 0.15) is 11.1 Å². The maximum Gasteiger partial charge on any atom is 0.138 e. The number of ether oxygens (including phenoxy) is 1. The van der Waals surface area contributed by atoms with Gasteiger partial charge in [0.2, 0.25) is 0 Å². The highest BCUT2D eigenvalue weighted by Crippen LogP contribution is 2.21. The molecule has 0 aliphatic rings. The number of hydrogen-bond acceptors (Lipinski definition) is 1. The molecule has 2 aromatic carbocycles. The van der Waals surface area contributed by atoms with E-state index in [9.17, 15) is 4.39 Å². The Labute approximate surface area is 127 Å². The van der Waals surface area contributed by atoms with E-state index < -0.39 is 0 Å². The van der Waals surface area contributed by atoms with E-state index in [0.717, 1.165) is 5.56 Å². The second-order valence-electron chi connectivity index (χ2n) is 3.99. The fraction of sp³-hybridized carbons (Fsp3) is 0.125. The van der Waals surface area contributed by atoms with Gasteiger partial charge in [-0.15, -0.1) is 11.6 Å². The van der Waals surface area contributed by atoms with Crippen LogP contribution in [0, 0.1) is 17.7 Å². The topological polar surface area (TPSA) is 9.23 Å². The predicted molar refractivity (Wildman–Crippen MR) is 79.8 cm³/mol. The minimum Gasteiger partial charge on any atom is -0.487 e. The fourth-order valence-electron chi connectivity index (χ4n) is 1.64. The van der Waals surface area contributed by atoms with Crippen LogP contribution < -0.4 is 4.74 Å². The molecule has 4 heteroatoms. The Balaban J connectivity index is 2.17. The van der Waals surface area contributed by atoms with Gasteiger partial charge in [-0.05, 0) is 29.8 Å². The lowest BCUT2D eigenvalue weighted by Crippen LogP contribution is -1.98. The lowest BCUT2D eigenvalue weighted by molar-refractivity contribution is 0.304. The molecule has 2 rings (SSSR count). The van der Waals surface area contributed by atoms with Gasteiger partial charge in [-0.2, -0.15) is 0 Å². The number of alkyl halides is 1. The largest absolute Gasteiger partial charge is 0.487 e. The molecule has 0 bridgehead atoms. The van der Waals surface area contributed by atoms with Gasteiger partial charge in [0.15, 0.2) is 0 Å². The van der Waals surface area contributed by atoms with Gasteiger partial charge in [-0.3, -0.25) is 0 Å². The molecule has 0 atom stereocenters. The second kappa shape index (κ2) is 7.19. The first-order valence-electron chi connectivity index (χ1n) is 5.90. The minimum atomic E-state index is -0.373. The van der Waals surface area contributed by atoms with Crippen molar-refractivity contribution < 1.29 is 9.13 Å². The molecule has 2 aromatic rings. The zero-order chi connectivity index (χ0) is 14.4. The molecule has 0 aromatic heterocycles. The highest BCUT2D eigenvalue weighted by Gasteiger charge is 2.04. The molecule has 0 unspecified atom stereocenters. The van der Waals surface area contributed by atoms with Crippen molar-refractivity contribution in [3.63, 3.8) is 0 Å². The summed E-state index contributed by atoms with van der Waals surface area (Å²) in [6, 6.07) is 11.5. The molecule has 0 amide bonds. The Kier molecular flexibility index (Phi) is 5.29. The maximum absolute atomic E-state index is 13.3. The molecule has 0 saturated carbocycles. The molecule has 20 heavy (non-hydrogen) atoms. The standard InChI is InChI=1S/C16H11Cl2FO/c17-8-2-4-13-6-7-15(19)10-16(13)20-11-12-3-1-5-14(18)9-12/h1,3,5-7,9-10H,8,11H2. The van der Waals surface area contributed by atoms with Crippen molar-refractivity contribution in [3.05, 3.63) is 64.4 Å². The average Bonchev–Trinajstić information content (AvgIpc) is 2.44. The van der Waals surface area contributed by atoms with E-state index in [4.69, 9.17) is 27.9 Å². The van der Waals surface area contributed by atoms with Crippen molar-refractivity contribution in [3.8, 4) is 17.6 Å². The molecule has 0 heterocycles. The lowest BCUT2D eigenvalue weighted by Gasteiger charge is -2.09. The number of hydrogen-bond donors (Lipinski definition) is 0. The molecule has 0 aliphatic heterocycles. The van der Waals surface area contributed by atoms with Crippen molar-refractivity contribution >= 4 is 23.2 Å². The highest BCUT2D eigenvalue weighted by molar-refractivity contribution is 6.30. The fourth-order valence-corrected chi connectivity index (χ4v) is 1.92. The Morgan fingerprint density at radius 2 is 2.00 bits per heavy atom. The van der Waals surface area contributed by atoms with Crippen LogP contribution >= 0.6 is 23.2 Å². The first-order chi connectivity index (χ1) is 9.69. The SMILES string of the molecule is Fc1ccc(C#CCCl)c(OCc2cccc(Cl)c2)c1. The molecular formula is C16H11Cl2FO. The van der Waals surface area contributed by atoms with Crippen molar-refractivity contribution in [2.75, 3.05) is 5.88 Å². The van der Waals surface area contributed by atoms with Gasteiger partial charge in [0.1, 0.15) is 18.2 Å². The zero-order valence-corrected chi connectivity index (χ0v) is 12.0. The molecule has 0 aliphatic carbocycles. The van der Waals surface area contributed by atoms with Crippen LogP contribution in [-0.4, -0.2) is 5.88 Å². The first kappa shape index (κ1) is 14.7. The summed E-state index contributed by atoms with van der Waals surface area (Å²) in [5.41, 5.74) is 1.51. The average molecular weight is 309 g/mol. The van der Waals surface area contributed by atoms with Gasteiger partial charge < -0.3 is 4.74 Å². The monoisotopic (exact) mass is 308 g/mol. The van der Waals surface area contributed by atoms with Crippen molar-refractivity contribution in [1.29, 1.82) is 0 Å². The third kappa shape index (κ3) is 4.16. The summed E-state index contributed by atoms with van der Waals surface area (Å²) in [4.78, 5) is 0. The smallest absolute Gasteiger partial charge is 0.138 e. The van der Waals surface area contributed by atoms with Crippen LogP contribution in [0.3, 0.4) is 0 Å². The predicted octanol–water partition coefficient (Wildman–Crippen LogP) is 4.65. The Hall–Kier alpha value is -1.69. The molecule has 0 saturated heterocycles. The molecule has 1 nitrogen and oxygen atoms in total. The van der Waals surface area contributed by atoms with E-state index in [1.807, 2.05) is 12.1 Å². The third-order valence-electron chi connectivity index (χ3n) is 2.52. The summed E-state index contributed by atoms with van der Waals surface area (Å²) in [5, 5.41) is 0.632. The van der Waals surface area contributed by atoms with Gasteiger partial charge >= 0.3 is 0 Å². The molecule has 0 fully saturated rings. The van der Waals surface area contributed by atoms with Crippen LogP contribution in [0.2, 0.25) is 5.02 Å². The quantitative estimate of drug-likeness (QED) is 0.592. The van der Waals surface area contributed by atoms with E-state index in [0.29, 0.717) is 22.9 Å². The Morgan fingerprint density at radius 3 is 2.75 bits per heavy atom. The normalized spacial score (nSPS) is 9.75. The number of halogens is 3. The minimum absolute atomic E-state index is 0.213. The van der Waals surface area contributed by atoms with E-state index in [1.54, 1.807) is 18.2 Å². The van der Waals surface area contributed by atoms with E-state index >= 15 is 0 Å². The molecule has 0 N–H and O–H groups in total. The van der Waals surface area contributed by atoms with Crippen LogP contribution in [0.4, 0.5) is 4.39 Å². The molecule has 102 valence electrons. The van der Waals surface area contributed by atoms with E-state index in [-0.39, 0.29) is 11.7 Å². The third-order valence-corrected chi connectivity index (χ3v) is 2.89. The maximum atomic E-state index is 13.3. The summed E-state index contributed by atoms with van der Waals surface area (Å²) >= 11 is 11.4. The highest BCUT2D eigenvalue weighted by atomic mass is 35.5. The van der Waals surface area contributed by atoms with Gasteiger partial charge in [0.25, 0.3) is 0 Å². The van der Waals surface area contributed by atoms with Gasteiger partial charge in [0, 0.05) is 11.1 Å². The second-order valence-corrected chi connectivity index (χ2v) is 4.70. The van der Waals surface area contributed by atoms with Crippen LogP contribution in [-0.2, 0) is 6.61 Å². The van der Waals surface area contributed by atoms with E-state index in [1.165, 1.54) is 12.1 Å². The Morgan fingerprint density at radius 1 is 1.15 bits per heavy atom. The number of rotatable bonds is 3. The molecular weight excluding hydrogens is 298 g/mol. The van der Waals surface area contributed by atoms with Crippen LogP contribution in [0.25, 0.3) is 0 Å². The van der Waals surface area contributed by atoms with Gasteiger partial charge in [-0.25, -0.2) is 4.39 Å². The summed E-state index contributed by atoms with van der Waals surface area (Å²) in [6.45, 7) is 0.291. The molecule has 0 radical (unpaired) electrons. The lowest BCUT2D eigenvalue weighted by atomic mass is 10.2. The van der Waals surface area contributed by atoms with Gasteiger partial charge in [0.05, 0.1) is 11.4 Å². The summed E-state index contributed by atoms with van der Waals surface area (Å²) in [5.74, 6) is 5.79. The van der Waals surface area contributed by atoms with Crippen molar-refractivity contribution in [2.45, 2.75) is 6.61 Å². The van der Waals surface area contributed by atoms with Crippen molar-refractivity contribution in [1.82, 2.24) is 0 Å². The Bertz CT molecular complexity index is 659. The van der Waals surface area contributed by atoms with Crippen LogP contribution in [0.15, 0.2) is 42.5 Å². The van der Waals surface area contributed by atoms with E-state index in [2.05, 4.69) is 11.8 Å². The summed E-state index contributed by atoms with van der Waals surface area (Å²) in [6.07, 6.45) is 0. The molecule has 0 spiro atoms. The number of benzene rings is 2. The van der Waals surface area contributed by atoms with Crippen molar-refractivity contribution in [2.24, 2.45) is 0 Å².